The van der Waals surface area contributed by atoms with Crippen molar-refractivity contribution in [3.8, 4) is 5.75 Å². The van der Waals surface area contributed by atoms with Crippen molar-refractivity contribution in [2.45, 2.75) is 26.4 Å². The number of aryl methyl sites for hydroxylation is 2. The van der Waals surface area contributed by atoms with E-state index in [4.69, 9.17) is 9.47 Å². The Bertz CT molecular complexity index is 340. The Morgan fingerprint density at radius 3 is 2.71 bits per heavy atom. The van der Waals surface area contributed by atoms with E-state index < -0.39 is 0 Å². The molecule has 0 bridgehead atoms. The van der Waals surface area contributed by atoms with Crippen molar-refractivity contribution in [3.63, 3.8) is 0 Å². The average molecular weight is 192 g/mol. The Hall–Kier alpha value is -1.02. The summed E-state index contributed by atoms with van der Waals surface area (Å²) in [6, 6.07) is 4.28. The lowest BCUT2D eigenvalue weighted by molar-refractivity contribution is 0.390. The van der Waals surface area contributed by atoms with E-state index in [2.05, 4.69) is 26.0 Å². The van der Waals surface area contributed by atoms with E-state index in [9.17, 15) is 0 Å². The van der Waals surface area contributed by atoms with Gasteiger partial charge in [-0.25, -0.2) is 0 Å². The molecule has 1 aromatic carbocycles. The van der Waals surface area contributed by atoms with Crippen molar-refractivity contribution in [2.24, 2.45) is 0 Å². The summed E-state index contributed by atoms with van der Waals surface area (Å²) in [7, 11) is 1.73. The Morgan fingerprint density at radius 2 is 2.14 bits per heavy atom. The van der Waals surface area contributed by atoms with E-state index in [1.807, 2.05) is 0 Å². The van der Waals surface area contributed by atoms with Crippen LogP contribution in [-0.4, -0.2) is 19.8 Å². The Kier molecular flexibility index (Phi) is 2.46. The highest BCUT2D eigenvalue weighted by molar-refractivity contribution is 5.43. The van der Waals surface area contributed by atoms with Gasteiger partial charge in [-0.05, 0) is 36.6 Å². The quantitative estimate of drug-likeness (QED) is 0.685. The molecule has 0 N–H and O–H groups in total. The molecule has 1 fully saturated rings. The van der Waals surface area contributed by atoms with Gasteiger partial charge >= 0.3 is 0 Å². The summed E-state index contributed by atoms with van der Waals surface area (Å²) >= 11 is 0. The number of methoxy groups -OCH3 is 1. The first-order valence-corrected chi connectivity index (χ1v) is 4.96. The average Bonchev–Trinajstić information content (AvgIpc) is 2.93. The normalized spacial score (nSPS) is 19.5. The summed E-state index contributed by atoms with van der Waals surface area (Å²) in [4.78, 5) is 0. The monoisotopic (exact) mass is 192 g/mol. The van der Waals surface area contributed by atoms with Gasteiger partial charge in [0.2, 0.25) is 0 Å². The second kappa shape index (κ2) is 3.62. The largest absolute Gasteiger partial charge is 0.496 e. The van der Waals surface area contributed by atoms with E-state index in [0.29, 0.717) is 6.10 Å². The summed E-state index contributed by atoms with van der Waals surface area (Å²) < 4.78 is 10.6. The number of hydrogen-bond donors (Lipinski definition) is 0. The highest BCUT2D eigenvalue weighted by atomic mass is 16.6. The molecule has 0 amide bonds. The predicted molar refractivity (Wildman–Crippen MR) is 55.9 cm³/mol. The second-order valence-electron chi connectivity index (χ2n) is 3.92. The smallest absolute Gasteiger partial charge is 0.122 e. The van der Waals surface area contributed by atoms with Gasteiger partial charge < -0.3 is 9.47 Å². The number of ether oxygens (including phenoxy) is 2. The molecule has 1 unspecified atom stereocenters. The SMILES string of the molecule is COc1cc(C)cc(C)c1CC1CO1. The zero-order valence-corrected chi connectivity index (χ0v) is 8.96. The minimum absolute atomic E-state index is 0.422. The minimum Gasteiger partial charge on any atom is -0.496 e. The van der Waals surface area contributed by atoms with Gasteiger partial charge in [0, 0.05) is 6.42 Å². The summed E-state index contributed by atoms with van der Waals surface area (Å²) in [5, 5.41) is 0. The van der Waals surface area contributed by atoms with Gasteiger partial charge in [-0.1, -0.05) is 6.07 Å². The van der Waals surface area contributed by atoms with Crippen LogP contribution < -0.4 is 4.74 Å². The molecule has 1 atom stereocenters. The first-order valence-electron chi connectivity index (χ1n) is 4.96. The maximum absolute atomic E-state index is 5.38. The fourth-order valence-corrected chi connectivity index (χ4v) is 1.82. The van der Waals surface area contributed by atoms with Gasteiger partial charge in [0.25, 0.3) is 0 Å². The summed E-state index contributed by atoms with van der Waals surface area (Å²) in [6.07, 6.45) is 1.40. The molecule has 0 spiro atoms. The molecular weight excluding hydrogens is 176 g/mol. The molecule has 2 rings (SSSR count). The minimum atomic E-state index is 0.422. The topological polar surface area (TPSA) is 21.8 Å². The van der Waals surface area contributed by atoms with Crippen LogP contribution in [0.4, 0.5) is 0 Å². The molecule has 1 aliphatic rings. The lowest BCUT2D eigenvalue weighted by atomic mass is 10.0. The molecule has 1 aromatic rings. The highest BCUT2D eigenvalue weighted by Crippen LogP contribution is 2.28. The molecule has 2 nitrogen and oxygen atoms in total. The molecule has 0 saturated carbocycles. The Morgan fingerprint density at radius 1 is 1.43 bits per heavy atom. The van der Waals surface area contributed by atoms with E-state index in [1.54, 1.807) is 7.11 Å². The van der Waals surface area contributed by atoms with Crippen LogP contribution in [0.2, 0.25) is 0 Å². The van der Waals surface area contributed by atoms with Crippen LogP contribution in [0, 0.1) is 13.8 Å². The first kappa shape index (κ1) is 9.53. The third kappa shape index (κ3) is 1.90. The third-order valence-corrected chi connectivity index (χ3v) is 2.63. The van der Waals surface area contributed by atoms with Gasteiger partial charge in [-0.15, -0.1) is 0 Å². The maximum Gasteiger partial charge on any atom is 0.122 e. The number of epoxide rings is 1. The maximum atomic E-state index is 5.38. The van der Waals surface area contributed by atoms with Crippen LogP contribution in [0.15, 0.2) is 12.1 Å². The summed E-state index contributed by atoms with van der Waals surface area (Å²) in [5.41, 5.74) is 3.85. The number of hydrogen-bond acceptors (Lipinski definition) is 2. The van der Waals surface area contributed by atoms with Crippen LogP contribution in [0.3, 0.4) is 0 Å². The van der Waals surface area contributed by atoms with Crippen LogP contribution in [0.25, 0.3) is 0 Å². The second-order valence-corrected chi connectivity index (χ2v) is 3.92. The Balaban J connectivity index is 2.33. The summed E-state index contributed by atoms with van der Waals surface area (Å²) in [5.74, 6) is 0.998. The molecule has 1 heterocycles. The zero-order chi connectivity index (χ0) is 10.1. The molecule has 2 heteroatoms. The van der Waals surface area contributed by atoms with Crippen molar-refractivity contribution in [1.29, 1.82) is 0 Å². The standard InChI is InChI=1S/C12H16O2/c1-8-4-9(2)11(6-10-7-14-10)12(5-8)13-3/h4-5,10H,6-7H2,1-3H3. The molecule has 1 aliphatic heterocycles. The Labute approximate surface area is 84.8 Å². The number of benzene rings is 1. The van der Waals surface area contributed by atoms with Crippen molar-refractivity contribution >= 4 is 0 Å². The van der Waals surface area contributed by atoms with E-state index in [-0.39, 0.29) is 0 Å². The van der Waals surface area contributed by atoms with Crippen molar-refractivity contribution in [1.82, 2.24) is 0 Å². The van der Waals surface area contributed by atoms with Gasteiger partial charge in [0.1, 0.15) is 5.75 Å². The number of rotatable bonds is 3. The van der Waals surface area contributed by atoms with Crippen LogP contribution >= 0.6 is 0 Å². The van der Waals surface area contributed by atoms with E-state index in [0.717, 1.165) is 18.8 Å². The molecule has 0 aliphatic carbocycles. The molecule has 14 heavy (non-hydrogen) atoms. The zero-order valence-electron chi connectivity index (χ0n) is 8.96. The first-order chi connectivity index (χ1) is 6.70. The molecule has 0 radical (unpaired) electrons. The lowest BCUT2D eigenvalue weighted by Gasteiger charge is -2.11. The van der Waals surface area contributed by atoms with Crippen molar-refractivity contribution in [2.75, 3.05) is 13.7 Å². The van der Waals surface area contributed by atoms with Gasteiger partial charge in [-0.2, -0.15) is 0 Å². The van der Waals surface area contributed by atoms with E-state index in [1.165, 1.54) is 16.7 Å². The fourth-order valence-electron chi connectivity index (χ4n) is 1.82. The molecule has 1 saturated heterocycles. The van der Waals surface area contributed by atoms with E-state index >= 15 is 0 Å². The van der Waals surface area contributed by atoms with Crippen LogP contribution in [0.5, 0.6) is 5.75 Å². The van der Waals surface area contributed by atoms with Crippen molar-refractivity contribution in [3.05, 3.63) is 28.8 Å². The van der Waals surface area contributed by atoms with Gasteiger partial charge in [0.05, 0.1) is 19.8 Å². The summed E-state index contributed by atoms with van der Waals surface area (Å²) in [6.45, 7) is 5.12. The predicted octanol–water partition coefficient (Wildman–Crippen LogP) is 2.25. The van der Waals surface area contributed by atoms with Gasteiger partial charge in [0.15, 0.2) is 0 Å². The molecule has 76 valence electrons. The van der Waals surface area contributed by atoms with Gasteiger partial charge in [-0.3, -0.25) is 0 Å². The third-order valence-electron chi connectivity index (χ3n) is 2.63. The molecular formula is C12H16O2. The van der Waals surface area contributed by atoms with Crippen molar-refractivity contribution < 1.29 is 9.47 Å². The lowest BCUT2D eigenvalue weighted by Crippen LogP contribution is -2.00. The molecule has 0 aromatic heterocycles. The highest BCUT2D eigenvalue weighted by Gasteiger charge is 2.25. The van der Waals surface area contributed by atoms with Crippen LogP contribution in [0.1, 0.15) is 16.7 Å². The van der Waals surface area contributed by atoms with Crippen LogP contribution in [-0.2, 0) is 11.2 Å². The fraction of sp³-hybridized carbons (Fsp3) is 0.500.